The molecule has 5 atom stereocenters. The Hall–Kier alpha value is -4.54. The van der Waals surface area contributed by atoms with Crippen molar-refractivity contribution in [1.82, 2.24) is 0 Å². The summed E-state index contributed by atoms with van der Waals surface area (Å²) in [4.78, 5) is 72.8. The molecule has 0 rings (SSSR count). The van der Waals surface area contributed by atoms with E-state index in [4.69, 9.17) is 37.0 Å². The molecule has 0 bridgehead atoms. The summed E-state index contributed by atoms with van der Waals surface area (Å²) in [6.07, 6.45) is 79.3. The minimum Gasteiger partial charge on any atom is -0.462 e. The van der Waals surface area contributed by atoms with E-state index >= 15 is 0 Å². The number of rotatable bonds is 72. The van der Waals surface area contributed by atoms with Gasteiger partial charge in [0.1, 0.15) is 19.3 Å². The maximum absolute atomic E-state index is 13.1. The Morgan fingerprint density at radius 2 is 0.580 bits per heavy atom. The maximum Gasteiger partial charge on any atom is 0.472 e. The third-order valence-corrected chi connectivity index (χ3v) is 17.8. The summed E-state index contributed by atoms with van der Waals surface area (Å²) in [7, 11) is -9.99. The fourth-order valence-electron chi connectivity index (χ4n) is 10.0. The van der Waals surface area contributed by atoms with Crippen LogP contribution in [0.15, 0.2) is 122 Å². The van der Waals surface area contributed by atoms with E-state index < -0.39 is 97.5 Å². The Labute approximate surface area is 606 Å². The number of allylic oxidation sites excluding steroid dienone is 19. The number of phosphoric acid groups is 2. The molecule has 0 aromatic rings. The van der Waals surface area contributed by atoms with Gasteiger partial charge in [-0.15, -0.1) is 0 Å². The fraction of sp³-hybridized carbons (Fsp3) is 0.704. The molecule has 0 aliphatic carbocycles. The molecule has 5 unspecified atom stereocenters. The zero-order chi connectivity index (χ0) is 73.2. The van der Waals surface area contributed by atoms with Crippen LogP contribution < -0.4 is 0 Å². The molecule has 0 saturated carbocycles. The first kappa shape index (κ1) is 95.5. The van der Waals surface area contributed by atoms with Gasteiger partial charge in [0.15, 0.2) is 12.2 Å². The second-order valence-electron chi connectivity index (χ2n) is 25.6. The molecule has 0 radical (unpaired) electrons. The Bertz CT molecular complexity index is 2370. The lowest BCUT2D eigenvalue weighted by Gasteiger charge is -2.21. The summed E-state index contributed by atoms with van der Waals surface area (Å²) in [5.74, 6) is -2.35. The average molecular weight is 1450 g/mol. The molecule has 100 heavy (non-hydrogen) atoms. The summed E-state index contributed by atoms with van der Waals surface area (Å²) < 4.78 is 68.3. The van der Waals surface area contributed by atoms with E-state index in [1.54, 1.807) is 12.2 Å². The fourth-order valence-corrected chi connectivity index (χ4v) is 11.6. The zero-order valence-electron chi connectivity index (χ0n) is 62.6. The molecule has 0 saturated heterocycles. The molecule has 0 aromatic heterocycles. The molecule has 0 heterocycles. The summed E-state index contributed by atoms with van der Waals surface area (Å²) >= 11 is 0. The van der Waals surface area contributed by atoms with Crippen molar-refractivity contribution < 1.29 is 80.2 Å². The third-order valence-electron chi connectivity index (χ3n) is 15.9. The average Bonchev–Trinajstić information content (AvgIpc) is 0.946. The van der Waals surface area contributed by atoms with Gasteiger partial charge in [-0.05, 0) is 116 Å². The lowest BCUT2D eigenvalue weighted by Crippen LogP contribution is -2.30. The zero-order valence-corrected chi connectivity index (χ0v) is 64.4. The highest BCUT2D eigenvalue weighted by Gasteiger charge is 2.30. The molecular weight excluding hydrogens is 1310 g/mol. The van der Waals surface area contributed by atoms with Crippen molar-refractivity contribution in [2.45, 2.75) is 329 Å². The quantitative estimate of drug-likeness (QED) is 0.0169. The second-order valence-corrected chi connectivity index (χ2v) is 28.5. The SMILES string of the molecule is CC/C=C\C/C=C\C/C=C\C/C=C\C/C=C\CC(=O)OC(COC(=O)CCCCCCCC/C=C\C/C=C\C/C=C\CCCCC)COP(=O)(O)OCC(O)COP(=O)(O)OCC(COC(=O)CCCCCCC/C=C\C/C=C\CCC)OC(=O)CCCCCCCCCCCCCCC. The highest BCUT2D eigenvalue weighted by atomic mass is 31.2. The maximum atomic E-state index is 13.1. The molecule has 0 aliphatic rings. The van der Waals surface area contributed by atoms with Gasteiger partial charge in [0.05, 0.1) is 32.8 Å². The van der Waals surface area contributed by atoms with Gasteiger partial charge in [-0.3, -0.25) is 37.3 Å². The van der Waals surface area contributed by atoms with Crippen LogP contribution in [0, 0.1) is 0 Å². The number of carbonyl (C=O) groups is 4. The van der Waals surface area contributed by atoms with Crippen LogP contribution in [0.4, 0.5) is 0 Å². The largest absolute Gasteiger partial charge is 0.472 e. The third kappa shape index (κ3) is 71.8. The molecule has 19 heteroatoms. The highest BCUT2D eigenvalue weighted by Crippen LogP contribution is 2.45. The minimum absolute atomic E-state index is 0.0908. The van der Waals surface area contributed by atoms with Gasteiger partial charge in [0.25, 0.3) is 0 Å². The van der Waals surface area contributed by atoms with Crippen LogP contribution in [0.5, 0.6) is 0 Å². The van der Waals surface area contributed by atoms with Gasteiger partial charge in [-0.25, -0.2) is 9.13 Å². The van der Waals surface area contributed by atoms with Crippen LogP contribution in [0.25, 0.3) is 0 Å². The van der Waals surface area contributed by atoms with Gasteiger partial charge >= 0.3 is 39.5 Å². The Balaban J connectivity index is 5.41. The normalized spacial score (nSPS) is 14.6. The molecule has 0 amide bonds. The first-order valence-electron chi connectivity index (χ1n) is 38.8. The van der Waals surface area contributed by atoms with E-state index in [0.29, 0.717) is 25.7 Å². The van der Waals surface area contributed by atoms with Crippen molar-refractivity contribution in [3.05, 3.63) is 122 Å². The number of esters is 4. The van der Waals surface area contributed by atoms with E-state index in [9.17, 15) is 43.2 Å². The Morgan fingerprint density at radius 1 is 0.300 bits per heavy atom. The van der Waals surface area contributed by atoms with Crippen molar-refractivity contribution >= 4 is 39.5 Å². The molecule has 574 valence electrons. The summed E-state index contributed by atoms with van der Waals surface area (Å²) in [6, 6.07) is 0. The first-order chi connectivity index (χ1) is 48.7. The van der Waals surface area contributed by atoms with Gasteiger partial charge < -0.3 is 33.8 Å². The molecular formula is C81H138O17P2. The standard InChI is InChI=1S/C81H138O17P2/c1-5-9-13-17-21-25-29-33-35-36-37-38-40-43-46-50-54-58-62-66-79(84)92-72-77(98-81(86)68-64-60-56-52-48-44-39-34-30-26-22-18-14-10-6-2)74-96-100(89,90)94-70-75(82)69-93-99(87,88)95-73-76(97-80(85)67-63-59-55-51-47-42-32-28-24-20-16-12-8-4)71-91-78(83)65-61-57-53-49-45-41-31-27-23-19-15-11-7-3/h10,14-15,19,21-22,25-27,31,33-35,37-39,48,52,60,64,75-77,82H,5-9,11-13,16-18,20,23-24,28-30,32,36,40-47,49-51,53-59,61-63,65-74H2,1-4H3,(H,87,88)(H,89,90)/b14-10-,19-15-,25-21-,26-22-,31-27-,35-33-,38-37-,39-34-,52-48-,64-60-. The number of carbonyl (C=O) groups excluding carboxylic acids is 4. The number of hydrogen-bond acceptors (Lipinski definition) is 15. The van der Waals surface area contributed by atoms with Crippen molar-refractivity contribution in [1.29, 1.82) is 0 Å². The summed E-state index contributed by atoms with van der Waals surface area (Å²) in [6.45, 7) is 4.53. The van der Waals surface area contributed by atoms with Gasteiger partial charge in [-0.1, -0.05) is 290 Å². The van der Waals surface area contributed by atoms with Gasteiger partial charge in [-0.2, -0.15) is 0 Å². The minimum atomic E-state index is -5.00. The number of unbranched alkanes of at least 4 members (excludes halogenated alkanes) is 27. The van der Waals surface area contributed by atoms with Crippen molar-refractivity contribution in [2.24, 2.45) is 0 Å². The summed E-state index contributed by atoms with van der Waals surface area (Å²) in [5, 5.41) is 10.6. The van der Waals surface area contributed by atoms with Crippen LogP contribution in [0.2, 0.25) is 0 Å². The number of hydrogen-bond donors (Lipinski definition) is 3. The van der Waals surface area contributed by atoms with Gasteiger partial charge in [0, 0.05) is 19.3 Å². The number of aliphatic hydroxyl groups excluding tert-OH is 1. The van der Waals surface area contributed by atoms with Crippen LogP contribution >= 0.6 is 15.6 Å². The van der Waals surface area contributed by atoms with Crippen molar-refractivity contribution in [3.63, 3.8) is 0 Å². The van der Waals surface area contributed by atoms with E-state index in [0.717, 1.165) is 161 Å². The molecule has 0 aromatic carbocycles. The van der Waals surface area contributed by atoms with E-state index in [2.05, 4.69) is 125 Å². The Kier molecular flexibility index (Phi) is 69.5. The van der Waals surface area contributed by atoms with Gasteiger partial charge in [0.2, 0.25) is 0 Å². The first-order valence-corrected chi connectivity index (χ1v) is 41.8. The Morgan fingerprint density at radius 3 is 0.950 bits per heavy atom. The predicted octanol–water partition coefficient (Wildman–Crippen LogP) is 22.3. The van der Waals surface area contributed by atoms with Crippen molar-refractivity contribution in [3.8, 4) is 0 Å². The van der Waals surface area contributed by atoms with Crippen LogP contribution in [0.1, 0.15) is 310 Å². The van der Waals surface area contributed by atoms with E-state index in [-0.39, 0.29) is 25.7 Å². The van der Waals surface area contributed by atoms with E-state index in [1.165, 1.54) is 70.6 Å². The molecule has 17 nitrogen and oxygen atoms in total. The number of phosphoric ester groups is 2. The monoisotopic (exact) mass is 1440 g/mol. The molecule has 0 fully saturated rings. The van der Waals surface area contributed by atoms with Crippen LogP contribution in [0.3, 0.4) is 0 Å². The van der Waals surface area contributed by atoms with Crippen molar-refractivity contribution in [2.75, 3.05) is 39.6 Å². The number of ether oxygens (including phenoxy) is 4. The molecule has 3 N–H and O–H groups in total. The topological polar surface area (TPSA) is 237 Å². The highest BCUT2D eigenvalue weighted by molar-refractivity contribution is 7.47. The predicted molar refractivity (Wildman–Crippen MR) is 408 cm³/mol. The smallest absolute Gasteiger partial charge is 0.462 e. The molecule has 0 spiro atoms. The number of aliphatic hydroxyl groups is 1. The van der Waals surface area contributed by atoms with Crippen LogP contribution in [-0.4, -0.2) is 96.7 Å². The van der Waals surface area contributed by atoms with E-state index in [1.807, 2.05) is 12.2 Å². The lowest BCUT2D eigenvalue weighted by molar-refractivity contribution is -0.161. The lowest BCUT2D eigenvalue weighted by atomic mass is 10.0. The van der Waals surface area contributed by atoms with Crippen LogP contribution in [-0.2, 0) is 65.4 Å². The summed E-state index contributed by atoms with van der Waals surface area (Å²) in [5.41, 5.74) is 0. The molecule has 0 aliphatic heterocycles. The second kappa shape index (κ2) is 72.8.